The number of aliphatic hydroxyl groups is 1. The van der Waals surface area contributed by atoms with Crippen LogP contribution in [-0.2, 0) is 19.1 Å². The fraction of sp³-hybridized carbons (Fsp3) is 0.478. The lowest BCUT2D eigenvalue weighted by Gasteiger charge is -2.15. The lowest BCUT2D eigenvalue weighted by Crippen LogP contribution is -2.28. The SMILES string of the molecule is CC/C=C\C/C=C\C/C=C\C/C=C\C/C=C\C/C=C\C/C=C\C/C=C\C/C=C\C/C=C\C/C=C\C/C=C\CCCCCCC(=O)OC(CO)COC(=O)CCCCC/C=C\C/C=C\C/C=C\C/C=C\C/C=C\CC. The molecule has 0 aliphatic rings. The molecule has 0 saturated carbocycles. The van der Waals surface area contributed by atoms with Gasteiger partial charge in [-0.3, -0.25) is 9.59 Å². The van der Waals surface area contributed by atoms with Gasteiger partial charge in [0.15, 0.2) is 6.10 Å². The van der Waals surface area contributed by atoms with Crippen molar-refractivity contribution in [3.05, 3.63) is 207 Å². The second-order valence-corrected chi connectivity index (χ2v) is 17.9. The second kappa shape index (κ2) is 61.8. The van der Waals surface area contributed by atoms with E-state index in [-0.39, 0.29) is 25.2 Å². The van der Waals surface area contributed by atoms with Crippen LogP contribution >= 0.6 is 0 Å². The summed E-state index contributed by atoms with van der Waals surface area (Å²) in [6.45, 7) is 3.84. The van der Waals surface area contributed by atoms with E-state index >= 15 is 0 Å². The van der Waals surface area contributed by atoms with Crippen LogP contribution in [0.2, 0.25) is 0 Å². The number of ether oxygens (including phenoxy) is 2. The van der Waals surface area contributed by atoms with Crippen LogP contribution in [0.15, 0.2) is 207 Å². The van der Waals surface area contributed by atoms with E-state index in [1.807, 2.05) is 0 Å². The highest BCUT2D eigenvalue weighted by Gasteiger charge is 2.16. The number of unbranched alkanes of at least 4 members (excludes halogenated alkanes) is 7. The van der Waals surface area contributed by atoms with Crippen LogP contribution < -0.4 is 0 Å². The molecular weight excluding hydrogens is 909 g/mol. The topological polar surface area (TPSA) is 72.8 Å². The van der Waals surface area contributed by atoms with Gasteiger partial charge in [-0.15, -0.1) is 0 Å². The molecule has 408 valence electrons. The Morgan fingerprint density at radius 2 is 0.541 bits per heavy atom. The van der Waals surface area contributed by atoms with Crippen LogP contribution in [0.3, 0.4) is 0 Å². The number of esters is 2. The zero-order chi connectivity index (χ0) is 53.4. The van der Waals surface area contributed by atoms with Gasteiger partial charge in [0.1, 0.15) is 6.61 Å². The number of rotatable bonds is 49. The van der Waals surface area contributed by atoms with Gasteiger partial charge in [0, 0.05) is 12.8 Å². The Morgan fingerprint density at radius 1 is 0.311 bits per heavy atom. The average molecular weight is 1010 g/mol. The maximum atomic E-state index is 12.3. The Labute approximate surface area is 453 Å². The number of allylic oxidation sites excluding steroid dienone is 34. The van der Waals surface area contributed by atoms with Crippen LogP contribution in [0.4, 0.5) is 0 Å². The standard InChI is InChI=1S/C69H102O5/c1-3-5-7-9-11-13-15-17-19-21-23-24-25-26-27-28-29-30-31-32-33-34-35-36-37-38-39-40-41-42-43-44-46-48-50-52-54-56-58-60-62-64-69(72)74-67(65-70)66-73-68(71)63-61-59-57-55-53-51-49-47-45-22-20-18-16-14-12-10-8-6-4-2/h5-8,11-14,17-20,23-24,26-27,29-30,32-33,35-36,38-39,41-42,44-47,50-53,67,70H,3-4,9-10,15-16,21-22,25,28,31,34,37,40,43,48-49,54-66H2,1-2H3/b7-5-,8-6-,13-11-,14-12-,19-17-,20-18-,24-23-,27-26-,30-29-,33-32-,36-35-,39-38-,42-41-,46-44-,47-45-,52-50-,53-51-. The molecule has 0 aromatic carbocycles. The first-order valence-corrected chi connectivity index (χ1v) is 28.6. The Bertz CT molecular complexity index is 1810. The van der Waals surface area contributed by atoms with Crippen molar-refractivity contribution >= 4 is 11.9 Å². The van der Waals surface area contributed by atoms with Gasteiger partial charge in [0.2, 0.25) is 0 Å². The van der Waals surface area contributed by atoms with E-state index < -0.39 is 6.10 Å². The van der Waals surface area contributed by atoms with E-state index in [0.717, 1.165) is 167 Å². The first-order chi connectivity index (χ1) is 36.6. The van der Waals surface area contributed by atoms with Crippen molar-refractivity contribution in [1.29, 1.82) is 0 Å². The monoisotopic (exact) mass is 1010 g/mol. The second-order valence-electron chi connectivity index (χ2n) is 17.9. The Hall–Kier alpha value is -5.52. The Kier molecular flexibility index (Phi) is 57.2. The number of hydrogen-bond acceptors (Lipinski definition) is 5. The van der Waals surface area contributed by atoms with Crippen molar-refractivity contribution in [2.24, 2.45) is 0 Å². The molecule has 1 N–H and O–H groups in total. The minimum Gasteiger partial charge on any atom is -0.462 e. The Morgan fingerprint density at radius 3 is 0.811 bits per heavy atom. The van der Waals surface area contributed by atoms with Crippen molar-refractivity contribution in [3.63, 3.8) is 0 Å². The van der Waals surface area contributed by atoms with E-state index in [1.54, 1.807) is 0 Å². The maximum Gasteiger partial charge on any atom is 0.306 e. The molecule has 0 saturated heterocycles. The van der Waals surface area contributed by atoms with E-state index in [1.165, 1.54) is 0 Å². The molecule has 0 heterocycles. The van der Waals surface area contributed by atoms with E-state index in [4.69, 9.17) is 9.47 Å². The molecule has 1 atom stereocenters. The molecule has 0 rings (SSSR count). The van der Waals surface area contributed by atoms with Crippen LogP contribution in [-0.4, -0.2) is 36.4 Å². The summed E-state index contributed by atoms with van der Waals surface area (Å²) in [4.78, 5) is 24.5. The lowest BCUT2D eigenvalue weighted by molar-refractivity contribution is -0.161. The summed E-state index contributed by atoms with van der Waals surface area (Å²) >= 11 is 0. The lowest BCUT2D eigenvalue weighted by atomic mass is 10.1. The minimum absolute atomic E-state index is 0.108. The minimum atomic E-state index is -0.817. The largest absolute Gasteiger partial charge is 0.462 e. The highest BCUT2D eigenvalue weighted by atomic mass is 16.6. The van der Waals surface area contributed by atoms with Crippen molar-refractivity contribution in [2.75, 3.05) is 13.2 Å². The van der Waals surface area contributed by atoms with Gasteiger partial charge in [-0.25, -0.2) is 0 Å². The molecule has 0 aromatic rings. The highest BCUT2D eigenvalue weighted by Crippen LogP contribution is 2.10. The van der Waals surface area contributed by atoms with Crippen molar-refractivity contribution in [1.82, 2.24) is 0 Å². The highest BCUT2D eigenvalue weighted by molar-refractivity contribution is 5.70. The molecule has 0 amide bonds. The summed E-state index contributed by atoms with van der Waals surface area (Å²) in [5.41, 5.74) is 0. The molecule has 0 aliphatic heterocycles. The van der Waals surface area contributed by atoms with Crippen LogP contribution in [0, 0.1) is 0 Å². The van der Waals surface area contributed by atoms with Gasteiger partial charge in [-0.2, -0.15) is 0 Å². The molecule has 0 spiro atoms. The molecule has 74 heavy (non-hydrogen) atoms. The molecule has 0 fully saturated rings. The molecule has 5 heteroatoms. The first-order valence-electron chi connectivity index (χ1n) is 28.6. The molecule has 0 bridgehead atoms. The van der Waals surface area contributed by atoms with Gasteiger partial charge in [-0.1, -0.05) is 240 Å². The zero-order valence-electron chi connectivity index (χ0n) is 46.5. The maximum absolute atomic E-state index is 12.3. The molecule has 0 aliphatic carbocycles. The summed E-state index contributed by atoms with van der Waals surface area (Å²) < 4.78 is 10.6. The normalized spacial score (nSPS) is 13.8. The molecule has 1 unspecified atom stereocenters. The van der Waals surface area contributed by atoms with Gasteiger partial charge >= 0.3 is 11.9 Å². The van der Waals surface area contributed by atoms with Crippen molar-refractivity contribution < 1.29 is 24.2 Å². The Balaban J connectivity index is 3.73. The predicted molar refractivity (Wildman–Crippen MR) is 324 cm³/mol. The summed E-state index contributed by atoms with van der Waals surface area (Å²) in [6, 6.07) is 0. The predicted octanol–water partition coefficient (Wildman–Crippen LogP) is 19.9. The number of carbonyl (C=O) groups is 2. The van der Waals surface area contributed by atoms with Gasteiger partial charge in [-0.05, 0) is 148 Å². The summed E-state index contributed by atoms with van der Waals surface area (Å²) in [7, 11) is 0. The number of aliphatic hydroxyl groups excluding tert-OH is 1. The van der Waals surface area contributed by atoms with Crippen LogP contribution in [0.25, 0.3) is 0 Å². The summed E-state index contributed by atoms with van der Waals surface area (Å²) in [5.74, 6) is -0.677. The molecular formula is C69H102O5. The smallest absolute Gasteiger partial charge is 0.306 e. The fourth-order valence-electron chi connectivity index (χ4n) is 6.85. The quantitative estimate of drug-likeness (QED) is 0.0373. The molecule has 0 aromatic heterocycles. The zero-order valence-corrected chi connectivity index (χ0v) is 46.5. The molecule has 5 nitrogen and oxygen atoms in total. The van der Waals surface area contributed by atoms with Gasteiger partial charge in [0.25, 0.3) is 0 Å². The van der Waals surface area contributed by atoms with Crippen LogP contribution in [0.1, 0.15) is 194 Å². The van der Waals surface area contributed by atoms with Crippen molar-refractivity contribution in [2.45, 2.75) is 200 Å². The molecule has 0 radical (unpaired) electrons. The van der Waals surface area contributed by atoms with E-state index in [2.05, 4.69) is 220 Å². The number of carbonyl (C=O) groups excluding carboxylic acids is 2. The van der Waals surface area contributed by atoms with Gasteiger partial charge < -0.3 is 14.6 Å². The number of hydrogen-bond donors (Lipinski definition) is 1. The fourth-order valence-corrected chi connectivity index (χ4v) is 6.85. The average Bonchev–Trinajstić information content (AvgIpc) is 3.40. The summed E-state index contributed by atoms with van der Waals surface area (Å²) in [5, 5.41) is 9.64. The third-order valence-corrected chi connectivity index (χ3v) is 11.1. The van der Waals surface area contributed by atoms with Crippen LogP contribution in [0.5, 0.6) is 0 Å². The van der Waals surface area contributed by atoms with Gasteiger partial charge in [0.05, 0.1) is 6.61 Å². The first kappa shape index (κ1) is 68.5. The third kappa shape index (κ3) is 59.0. The summed E-state index contributed by atoms with van der Waals surface area (Å²) in [6.07, 6.45) is 101. The van der Waals surface area contributed by atoms with E-state index in [0.29, 0.717) is 12.8 Å². The third-order valence-electron chi connectivity index (χ3n) is 11.1. The van der Waals surface area contributed by atoms with Crippen molar-refractivity contribution in [3.8, 4) is 0 Å². The van der Waals surface area contributed by atoms with E-state index in [9.17, 15) is 14.7 Å².